The van der Waals surface area contributed by atoms with Crippen molar-refractivity contribution in [1.82, 2.24) is 9.80 Å². The van der Waals surface area contributed by atoms with Crippen molar-refractivity contribution in [1.29, 1.82) is 0 Å². The molecule has 2 aliphatic rings. The average Bonchev–Trinajstić information content (AvgIpc) is 2.70. The minimum atomic E-state index is -0.00638. The predicted molar refractivity (Wildman–Crippen MR) is 106 cm³/mol. The van der Waals surface area contributed by atoms with Crippen LogP contribution in [0.25, 0.3) is 0 Å². The Morgan fingerprint density at radius 1 is 1.00 bits per heavy atom. The number of anilines is 1. The summed E-state index contributed by atoms with van der Waals surface area (Å²) in [6, 6.07) is 7.46. The van der Waals surface area contributed by atoms with E-state index in [9.17, 15) is 9.59 Å². The van der Waals surface area contributed by atoms with Gasteiger partial charge >= 0.3 is 0 Å². The summed E-state index contributed by atoms with van der Waals surface area (Å²) in [5.74, 6) is 1.23. The Labute approximate surface area is 161 Å². The highest BCUT2D eigenvalue weighted by Crippen LogP contribution is 2.31. The van der Waals surface area contributed by atoms with Gasteiger partial charge in [-0.2, -0.15) is 0 Å². The maximum atomic E-state index is 12.7. The van der Waals surface area contributed by atoms with E-state index in [-0.39, 0.29) is 23.7 Å². The smallest absolute Gasteiger partial charge is 0.227 e. The first kappa shape index (κ1) is 19.7. The van der Waals surface area contributed by atoms with Gasteiger partial charge in [0.1, 0.15) is 5.75 Å². The van der Waals surface area contributed by atoms with Crippen molar-refractivity contribution < 1.29 is 14.3 Å². The average molecular weight is 373 g/mol. The molecule has 0 radical (unpaired) electrons. The van der Waals surface area contributed by atoms with Crippen molar-refractivity contribution in [3.8, 4) is 5.75 Å². The Morgan fingerprint density at radius 3 is 2.19 bits per heavy atom. The number of amides is 2. The van der Waals surface area contributed by atoms with Gasteiger partial charge in [0.15, 0.2) is 0 Å². The van der Waals surface area contributed by atoms with Crippen LogP contribution in [0.4, 0.5) is 5.69 Å². The van der Waals surface area contributed by atoms with Crippen molar-refractivity contribution >= 4 is 17.5 Å². The van der Waals surface area contributed by atoms with E-state index in [2.05, 4.69) is 17.3 Å². The topological polar surface area (TPSA) is 61.9 Å². The van der Waals surface area contributed by atoms with E-state index in [0.29, 0.717) is 6.61 Å². The number of hydrogen-bond acceptors (Lipinski definition) is 4. The van der Waals surface area contributed by atoms with Crippen molar-refractivity contribution in [2.24, 2.45) is 11.8 Å². The maximum Gasteiger partial charge on any atom is 0.227 e. The minimum absolute atomic E-state index is 0.00638. The van der Waals surface area contributed by atoms with Crippen molar-refractivity contribution in [2.75, 3.05) is 45.2 Å². The number of carbonyl (C=O) groups is 2. The van der Waals surface area contributed by atoms with Crippen LogP contribution < -0.4 is 10.1 Å². The van der Waals surface area contributed by atoms with E-state index in [1.807, 2.05) is 36.1 Å². The fraction of sp³-hybridized carbons (Fsp3) is 0.619. The van der Waals surface area contributed by atoms with Crippen LogP contribution in [0.15, 0.2) is 24.3 Å². The molecule has 0 aromatic heterocycles. The van der Waals surface area contributed by atoms with Gasteiger partial charge in [-0.1, -0.05) is 0 Å². The second-order valence-electron chi connectivity index (χ2n) is 7.62. The van der Waals surface area contributed by atoms with Gasteiger partial charge in [-0.3, -0.25) is 9.59 Å². The third-order valence-electron chi connectivity index (χ3n) is 5.70. The fourth-order valence-corrected chi connectivity index (χ4v) is 3.93. The van der Waals surface area contributed by atoms with E-state index in [4.69, 9.17) is 4.74 Å². The number of hydrogen-bond donors (Lipinski definition) is 1. The second kappa shape index (κ2) is 9.22. The van der Waals surface area contributed by atoms with Gasteiger partial charge in [0, 0.05) is 43.7 Å². The largest absolute Gasteiger partial charge is 0.494 e. The number of nitrogens with one attached hydrogen (secondary N) is 1. The van der Waals surface area contributed by atoms with E-state index >= 15 is 0 Å². The number of rotatable bonds is 5. The lowest BCUT2D eigenvalue weighted by atomic mass is 9.80. The highest BCUT2D eigenvalue weighted by atomic mass is 16.5. The molecule has 0 atom stereocenters. The lowest BCUT2D eigenvalue weighted by molar-refractivity contribution is -0.139. The lowest BCUT2D eigenvalue weighted by Gasteiger charge is -2.36. The molecule has 2 fully saturated rings. The van der Waals surface area contributed by atoms with Gasteiger partial charge in [0.25, 0.3) is 0 Å². The summed E-state index contributed by atoms with van der Waals surface area (Å²) >= 11 is 0. The first-order valence-corrected chi connectivity index (χ1v) is 10.1. The molecule has 6 heteroatoms. The highest BCUT2D eigenvalue weighted by Gasteiger charge is 2.32. The normalized spacial score (nSPS) is 23.7. The summed E-state index contributed by atoms with van der Waals surface area (Å²) in [6.07, 6.45) is 3.19. The van der Waals surface area contributed by atoms with Gasteiger partial charge in [-0.05, 0) is 63.9 Å². The number of benzene rings is 1. The molecule has 0 unspecified atom stereocenters. The first-order chi connectivity index (χ1) is 13.1. The van der Waals surface area contributed by atoms with E-state index < -0.39 is 0 Å². The van der Waals surface area contributed by atoms with Gasteiger partial charge in [0.05, 0.1) is 6.61 Å². The summed E-state index contributed by atoms with van der Waals surface area (Å²) in [5.41, 5.74) is 0.791. The summed E-state index contributed by atoms with van der Waals surface area (Å²) in [4.78, 5) is 29.5. The molecule has 1 heterocycles. The summed E-state index contributed by atoms with van der Waals surface area (Å²) in [7, 11) is 2.09. The SMILES string of the molecule is CCOc1ccc(NC(=O)C2CCC(C(=O)N3CCN(C)CC3)CC2)cc1. The number of piperazine rings is 1. The monoisotopic (exact) mass is 373 g/mol. The quantitative estimate of drug-likeness (QED) is 0.862. The van der Waals surface area contributed by atoms with Crippen molar-refractivity contribution in [3.63, 3.8) is 0 Å². The molecule has 1 N–H and O–H groups in total. The van der Waals surface area contributed by atoms with Crippen molar-refractivity contribution in [2.45, 2.75) is 32.6 Å². The third kappa shape index (κ3) is 5.22. The Bertz CT molecular complexity index is 631. The standard InChI is InChI=1S/C21H31N3O3/c1-3-27-19-10-8-18(9-11-19)22-20(25)16-4-6-17(7-5-16)21(26)24-14-12-23(2)13-15-24/h8-11,16-17H,3-7,12-15H2,1-2H3,(H,22,25). The maximum absolute atomic E-state index is 12.7. The lowest BCUT2D eigenvalue weighted by Crippen LogP contribution is -2.49. The molecule has 2 amide bonds. The minimum Gasteiger partial charge on any atom is -0.494 e. The fourth-order valence-electron chi connectivity index (χ4n) is 3.93. The molecule has 1 aliphatic carbocycles. The highest BCUT2D eigenvalue weighted by molar-refractivity contribution is 5.92. The molecular formula is C21H31N3O3. The Hall–Kier alpha value is -2.08. The predicted octanol–water partition coefficient (Wildman–Crippen LogP) is 2.60. The molecule has 6 nitrogen and oxygen atoms in total. The zero-order chi connectivity index (χ0) is 19.2. The zero-order valence-corrected chi connectivity index (χ0v) is 16.4. The van der Waals surface area contributed by atoms with Gasteiger partial charge < -0.3 is 19.9 Å². The summed E-state index contributed by atoms with van der Waals surface area (Å²) in [5, 5.41) is 3.00. The van der Waals surface area contributed by atoms with Gasteiger partial charge in [0.2, 0.25) is 11.8 Å². The van der Waals surface area contributed by atoms with Crippen LogP contribution in [0, 0.1) is 11.8 Å². The van der Waals surface area contributed by atoms with E-state index in [1.165, 1.54) is 0 Å². The molecule has 0 bridgehead atoms. The molecule has 1 aromatic carbocycles. The van der Waals surface area contributed by atoms with E-state index in [0.717, 1.165) is 63.3 Å². The van der Waals surface area contributed by atoms with Crippen LogP contribution in [0.2, 0.25) is 0 Å². The zero-order valence-electron chi connectivity index (χ0n) is 16.4. The van der Waals surface area contributed by atoms with Gasteiger partial charge in [-0.15, -0.1) is 0 Å². The van der Waals surface area contributed by atoms with Gasteiger partial charge in [-0.25, -0.2) is 0 Å². The number of likely N-dealkylation sites (N-methyl/N-ethyl adjacent to an activating group) is 1. The number of ether oxygens (including phenoxy) is 1. The molecular weight excluding hydrogens is 342 g/mol. The second-order valence-corrected chi connectivity index (χ2v) is 7.62. The Kier molecular flexibility index (Phi) is 6.72. The Balaban J connectivity index is 1.45. The molecule has 0 spiro atoms. The molecule has 1 aliphatic heterocycles. The number of carbonyl (C=O) groups excluding carboxylic acids is 2. The molecule has 27 heavy (non-hydrogen) atoms. The van der Waals surface area contributed by atoms with Crippen LogP contribution in [0.3, 0.4) is 0 Å². The Morgan fingerprint density at radius 2 is 1.59 bits per heavy atom. The third-order valence-corrected chi connectivity index (χ3v) is 5.70. The van der Waals surface area contributed by atoms with Crippen molar-refractivity contribution in [3.05, 3.63) is 24.3 Å². The number of nitrogens with zero attached hydrogens (tertiary/aromatic N) is 2. The van der Waals surface area contributed by atoms with Crippen LogP contribution in [0.5, 0.6) is 5.75 Å². The molecule has 3 rings (SSSR count). The van der Waals surface area contributed by atoms with Crippen LogP contribution >= 0.6 is 0 Å². The molecule has 1 aromatic rings. The summed E-state index contributed by atoms with van der Waals surface area (Å²) in [6.45, 7) is 6.13. The van der Waals surface area contributed by atoms with E-state index in [1.54, 1.807) is 0 Å². The molecule has 148 valence electrons. The van der Waals surface area contributed by atoms with Crippen LogP contribution in [-0.4, -0.2) is 61.4 Å². The molecule has 1 saturated carbocycles. The molecule has 1 saturated heterocycles. The van der Waals surface area contributed by atoms with Crippen LogP contribution in [-0.2, 0) is 9.59 Å². The van der Waals surface area contributed by atoms with Crippen LogP contribution in [0.1, 0.15) is 32.6 Å². The first-order valence-electron chi connectivity index (χ1n) is 10.1. The summed E-state index contributed by atoms with van der Waals surface area (Å²) < 4.78 is 5.42.